The van der Waals surface area contributed by atoms with Gasteiger partial charge in [0, 0.05) is 20.5 Å². The van der Waals surface area contributed by atoms with Crippen molar-refractivity contribution in [1.29, 1.82) is 0 Å². The molecule has 0 spiro atoms. The number of aliphatic hydroxyl groups is 2. The standard InChI is InChI=1S/C15H21N5O3/c1-15(22)6-10(7-21)23-13(15)11-4-5-12-14(17-9-19(2)3)16-8-18-20(11)12/h4-5,8-10,13,21-22H,6-7H2,1-3H3/t10-,13-,15+/m0/s1. The first kappa shape index (κ1) is 15.9. The number of hydrogen-bond acceptors (Lipinski definition) is 6. The van der Waals surface area contributed by atoms with Gasteiger partial charge in [0.15, 0.2) is 5.82 Å². The van der Waals surface area contributed by atoms with Gasteiger partial charge in [-0.05, 0) is 19.1 Å². The molecule has 0 radical (unpaired) electrons. The molecule has 8 nitrogen and oxygen atoms in total. The smallest absolute Gasteiger partial charge is 0.181 e. The summed E-state index contributed by atoms with van der Waals surface area (Å²) in [6.45, 7) is 1.59. The Labute approximate surface area is 134 Å². The lowest BCUT2D eigenvalue weighted by molar-refractivity contribution is -0.0495. The zero-order valence-electron chi connectivity index (χ0n) is 13.4. The molecule has 0 saturated carbocycles. The first-order valence-corrected chi connectivity index (χ1v) is 7.44. The second kappa shape index (κ2) is 5.88. The van der Waals surface area contributed by atoms with E-state index in [0.29, 0.717) is 17.9 Å². The lowest BCUT2D eigenvalue weighted by Crippen LogP contribution is -2.29. The van der Waals surface area contributed by atoms with Gasteiger partial charge in [-0.25, -0.2) is 14.5 Å². The fraction of sp³-hybridized carbons (Fsp3) is 0.533. The second-order valence-corrected chi connectivity index (χ2v) is 6.23. The highest BCUT2D eigenvalue weighted by Crippen LogP contribution is 2.41. The average molecular weight is 319 g/mol. The van der Waals surface area contributed by atoms with E-state index >= 15 is 0 Å². The molecule has 2 aromatic rings. The summed E-state index contributed by atoms with van der Waals surface area (Å²) in [6, 6.07) is 3.70. The normalized spacial score (nSPS) is 28.0. The summed E-state index contributed by atoms with van der Waals surface area (Å²) >= 11 is 0. The van der Waals surface area contributed by atoms with Crippen molar-refractivity contribution in [3.05, 3.63) is 24.2 Å². The number of fused-ring (bicyclic) bond motifs is 1. The first-order chi connectivity index (χ1) is 10.9. The first-order valence-electron chi connectivity index (χ1n) is 7.44. The van der Waals surface area contributed by atoms with Crippen LogP contribution in [0.25, 0.3) is 5.52 Å². The summed E-state index contributed by atoms with van der Waals surface area (Å²) in [5.74, 6) is 0.538. The number of aliphatic imine (C=N–C) groups is 1. The Kier molecular flexibility index (Phi) is 4.05. The molecule has 124 valence electrons. The Morgan fingerprint density at radius 1 is 1.52 bits per heavy atom. The Morgan fingerprint density at radius 3 is 2.96 bits per heavy atom. The fourth-order valence-corrected chi connectivity index (χ4v) is 2.86. The summed E-state index contributed by atoms with van der Waals surface area (Å²) in [4.78, 5) is 10.3. The molecule has 1 aliphatic heterocycles. The molecule has 1 saturated heterocycles. The van der Waals surface area contributed by atoms with Gasteiger partial charge in [0.2, 0.25) is 0 Å². The van der Waals surface area contributed by atoms with Crippen LogP contribution in [0.15, 0.2) is 23.5 Å². The molecule has 0 aliphatic carbocycles. The summed E-state index contributed by atoms with van der Waals surface area (Å²) in [5.41, 5.74) is 0.372. The highest BCUT2D eigenvalue weighted by Gasteiger charge is 2.45. The van der Waals surface area contributed by atoms with Crippen LogP contribution in [0.5, 0.6) is 0 Å². The lowest BCUT2D eigenvalue weighted by atomic mass is 9.94. The van der Waals surface area contributed by atoms with Crippen molar-refractivity contribution < 1.29 is 14.9 Å². The topological polar surface area (TPSA) is 95.5 Å². The van der Waals surface area contributed by atoms with E-state index in [9.17, 15) is 10.2 Å². The van der Waals surface area contributed by atoms with Crippen LogP contribution in [-0.2, 0) is 4.74 Å². The van der Waals surface area contributed by atoms with Gasteiger partial charge in [-0.1, -0.05) is 0 Å². The molecule has 0 unspecified atom stereocenters. The van der Waals surface area contributed by atoms with Crippen molar-refractivity contribution in [3.63, 3.8) is 0 Å². The monoisotopic (exact) mass is 319 g/mol. The number of nitrogens with zero attached hydrogens (tertiary/aromatic N) is 5. The van der Waals surface area contributed by atoms with Crippen LogP contribution in [0, 0.1) is 0 Å². The third-order valence-electron chi connectivity index (χ3n) is 3.88. The zero-order chi connectivity index (χ0) is 16.6. The van der Waals surface area contributed by atoms with Gasteiger partial charge in [-0.2, -0.15) is 5.10 Å². The van der Waals surface area contributed by atoms with Gasteiger partial charge < -0.3 is 19.8 Å². The van der Waals surface area contributed by atoms with E-state index in [1.165, 1.54) is 6.33 Å². The van der Waals surface area contributed by atoms with E-state index in [0.717, 1.165) is 5.52 Å². The molecule has 3 atom stereocenters. The third kappa shape index (κ3) is 2.92. The molecule has 3 heterocycles. The van der Waals surface area contributed by atoms with Gasteiger partial charge in [0.25, 0.3) is 0 Å². The van der Waals surface area contributed by atoms with Crippen molar-refractivity contribution in [2.75, 3.05) is 20.7 Å². The van der Waals surface area contributed by atoms with Crippen molar-refractivity contribution in [2.45, 2.75) is 31.2 Å². The van der Waals surface area contributed by atoms with Crippen LogP contribution in [0.1, 0.15) is 25.1 Å². The minimum absolute atomic E-state index is 0.122. The van der Waals surface area contributed by atoms with E-state index in [-0.39, 0.29) is 12.7 Å². The Bertz CT molecular complexity index is 725. The number of hydrogen-bond donors (Lipinski definition) is 2. The summed E-state index contributed by atoms with van der Waals surface area (Å²) < 4.78 is 7.46. The van der Waals surface area contributed by atoms with Crippen LogP contribution < -0.4 is 0 Å². The van der Waals surface area contributed by atoms with Crippen molar-refractivity contribution in [2.24, 2.45) is 4.99 Å². The maximum Gasteiger partial charge on any atom is 0.181 e. The van der Waals surface area contributed by atoms with E-state index in [1.54, 1.807) is 17.8 Å². The highest BCUT2D eigenvalue weighted by molar-refractivity contribution is 5.70. The molecule has 2 aromatic heterocycles. The van der Waals surface area contributed by atoms with E-state index < -0.39 is 11.7 Å². The van der Waals surface area contributed by atoms with E-state index in [1.807, 2.05) is 31.1 Å². The molecule has 8 heteroatoms. The van der Waals surface area contributed by atoms with Gasteiger partial charge in [-0.15, -0.1) is 0 Å². The summed E-state index contributed by atoms with van der Waals surface area (Å²) in [6.07, 6.45) is 2.51. The predicted octanol–water partition coefficient (Wildman–Crippen LogP) is 0.524. The Balaban J connectivity index is 2.02. The predicted molar refractivity (Wildman–Crippen MR) is 84.8 cm³/mol. The van der Waals surface area contributed by atoms with Crippen LogP contribution in [0.3, 0.4) is 0 Å². The minimum Gasteiger partial charge on any atom is -0.394 e. The third-order valence-corrected chi connectivity index (χ3v) is 3.88. The highest BCUT2D eigenvalue weighted by atomic mass is 16.5. The van der Waals surface area contributed by atoms with E-state index in [2.05, 4.69) is 15.1 Å². The number of aliphatic hydroxyl groups excluding tert-OH is 1. The molecular formula is C15H21N5O3. The summed E-state index contributed by atoms with van der Waals surface area (Å²) in [5, 5.41) is 24.2. The molecule has 1 fully saturated rings. The number of ether oxygens (including phenoxy) is 1. The van der Waals surface area contributed by atoms with Crippen molar-refractivity contribution in [3.8, 4) is 0 Å². The largest absolute Gasteiger partial charge is 0.394 e. The van der Waals surface area contributed by atoms with E-state index in [4.69, 9.17) is 4.74 Å². The van der Waals surface area contributed by atoms with Crippen molar-refractivity contribution in [1.82, 2.24) is 19.5 Å². The maximum absolute atomic E-state index is 10.6. The number of rotatable bonds is 4. The van der Waals surface area contributed by atoms with Gasteiger partial charge in [0.05, 0.1) is 30.3 Å². The second-order valence-electron chi connectivity index (χ2n) is 6.23. The minimum atomic E-state index is -1.07. The molecule has 3 rings (SSSR count). The van der Waals surface area contributed by atoms with Crippen LogP contribution >= 0.6 is 0 Å². The molecular weight excluding hydrogens is 298 g/mol. The Hall–Kier alpha value is -2.03. The fourth-order valence-electron chi connectivity index (χ4n) is 2.86. The quantitative estimate of drug-likeness (QED) is 0.630. The van der Waals surface area contributed by atoms with Crippen LogP contribution in [0.4, 0.5) is 5.82 Å². The Morgan fingerprint density at radius 2 is 2.30 bits per heavy atom. The number of aromatic nitrogens is 3. The van der Waals surface area contributed by atoms with Gasteiger partial charge in [-0.3, -0.25) is 0 Å². The van der Waals surface area contributed by atoms with Crippen molar-refractivity contribution >= 4 is 17.7 Å². The SMILES string of the molecule is CN(C)C=Nc1ncnn2c([C@@H]3O[C@H](CO)C[C@@]3(C)O)ccc12. The molecule has 0 aromatic carbocycles. The average Bonchev–Trinajstić information content (AvgIpc) is 3.05. The van der Waals surface area contributed by atoms with Crippen LogP contribution in [-0.4, -0.2) is 68.5 Å². The lowest BCUT2D eigenvalue weighted by Gasteiger charge is -2.23. The van der Waals surface area contributed by atoms with Gasteiger partial charge in [0.1, 0.15) is 17.9 Å². The molecule has 23 heavy (non-hydrogen) atoms. The van der Waals surface area contributed by atoms with Crippen LogP contribution in [0.2, 0.25) is 0 Å². The molecule has 1 aliphatic rings. The molecule has 0 bridgehead atoms. The summed E-state index contributed by atoms with van der Waals surface area (Å²) in [7, 11) is 3.76. The molecule has 2 N–H and O–H groups in total. The molecule has 0 amide bonds. The van der Waals surface area contributed by atoms with Gasteiger partial charge >= 0.3 is 0 Å². The maximum atomic E-state index is 10.6. The zero-order valence-corrected chi connectivity index (χ0v) is 13.4.